The number of hydrogen-bond donors (Lipinski definition) is 0. The van der Waals surface area contributed by atoms with Gasteiger partial charge in [0.1, 0.15) is 5.82 Å². The molecule has 0 unspecified atom stereocenters. The third-order valence-corrected chi connectivity index (χ3v) is 5.82. The van der Waals surface area contributed by atoms with Gasteiger partial charge in [0.25, 0.3) is 0 Å². The molecular formula is C21H24N8. The summed E-state index contributed by atoms with van der Waals surface area (Å²) in [5.41, 5.74) is 0.968. The topological polar surface area (TPSA) is 77.6 Å². The Labute approximate surface area is 169 Å². The second-order valence-electron chi connectivity index (χ2n) is 7.71. The van der Waals surface area contributed by atoms with Gasteiger partial charge in [-0.15, -0.1) is 15.3 Å². The summed E-state index contributed by atoms with van der Waals surface area (Å²) in [5.74, 6) is 3.27. The van der Waals surface area contributed by atoms with Crippen molar-refractivity contribution in [2.75, 3.05) is 18.0 Å². The number of anilines is 1. The summed E-state index contributed by atoms with van der Waals surface area (Å²) >= 11 is 0. The zero-order valence-electron chi connectivity index (χ0n) is 16.7. The maximum Gasteiger partial charge on any atom is 0.159 e. The number of fused-ring (bicyclic) bond motifs is 1. The van der Waals surface area contributed by atoms with Crippen LogP contribution >= 0.6 is 0 Å². The molecule has 4 aromatic rings. The summed E-state index contributed by atoms with van der Waals surface area (Å²) < 4.78 is 4.14. The van der Waals surface area contributed by atoms with E-state index in [0.29, 0.717) is 12.5 Å². The molecule has 8 heteroatoms. The molecule has 4 heterocycles. The first-order valence-corrected chi connectivity index (χ1v) is 10.0. The highest BCUT2D eigenvalue weighted by Crippen LogP contribution is 2.32. The molecule has 148 valence electrons. The molecule has 1 aromatic carbocycles. The quantitative estimate of drug-likeness (QED) is 0.535. The number of rotatable bonds is 4. The van der Waals surface area contributed by atoms with Crippen LogP contribution in [0.4, 0.5) is 5.82 Å². The van der Waals surface area contributed by atoms with E-state index in [0.717, 1.165) is 49.1 Å². The molecule has 0 saturated carbocycles. The van der Waals surface area contributed by atoms with E-state index < -0.39 is 0 Å². The van der Waals surface area contributed by atoms with Gasteiger partial charge < -0.3 is 14.0 Å². The van der Waals surface area contributed by atoms with Crippen LogP contribution in [-0.4, -0.2) is 47.6 Å². The van der Waals surface area contributed by atoms with Crippen LogP contribution in [-0.2, 0) is 13.6 Å². The van der Waals surface area contributed by atoms with Gasteiger partial charge >= 0.3 is 0 Å². The predicted octanol–water partition coefficient (Wildman–Crippen LogP) is 2.70. The first-order chi connectivity index (χ1) is 14.2. The number of hydrogen-bond acceptors (Lipinski definition) is 6. The molecule has 1 fully saturated rings. The zero-order valence-corrected chi connectivity index (χ0v) is 16.7. The summed E-state index contributed by atoms with van der Waals surface area (Å²) in [7, 11) is 2.06. The summed E-state index contributed by atoms with van der Waals surface area (Å²) in [6.45, 7) is 4.55. The lowest BCUT2D eigenvalue weighted by Gasteiger charge is -2.33. The van der Waals surface area contributed by atoms with Crippen LogP contribution < -0.4 is 4.90 Å². The van der Waals surface area contributed by atoms with Gasteiger partial charge in [-0.2, -0.15) is 5.10 Å². The Morgan fingerprint density at radius 1 is 1.07 bits per heavy atom. The Hall–Kier alpha value is -3.29. The third-order valence-electron chi connectivity index (χ3n) is 5.82. The Morgan fingerprint density at radius 2 is 1.93 bits per heavy atom. The van der Waals surface area contributed by atoms with Crippen LogP contribution in [0.2, 0.25) is 0 Å². The Balaban J connectivity index is 1.42. The van der Waals surface area contributed by atoms with Crippen molar-refractivity contribution in [3.8, 4) is 0 Å². The van der Waals surface area contributed by atoms with Crippen molar-refractivity contribution >= 4 is 16.6 Å². The lowest BCUT2D eigenvalue weighted by molar-refractivity contribution is 0.475. The largest absolute Gasteiger partial charge is 0.354 e. The zero-order chi connectivity index (χ0) is 19.8. The molecule has 0 N–H and O–H groups in total. The molecule has 1 aliphatic heterocycles. The fourth-order valence-corrected chi connectivity index (χ4v) is 4.25. The summed E-state index contributed by atoms with van der Waals surface area (Å²) in [6, 6.07) is 8.39. The molecule has 1 saturated heterocycles. The van der Waals surface area contributed by atoms with Gasteiger partial charge in [-0.25, -0.2) is 4.98 Å². The molecule has 0 amide bonds. The highest BCUT2D eigenvalue weighted by molar-refractivity contribution is 5.93. The van der Waals surface area contributed by atoms with E-state index in [1.807, 2.05) is 17.7 Å². The van der Waals surface area contributed by atoms with Crippen molar-refractivity contribution < 1.29 is 0 Å². The lowest BCUT2D eigenvalue weighted by Crippen LogP contribution is -2.36. The summed E-state index contributed by atoms with van der Waals surface area (Å²) in [5, 5.41) is 20.3. The number of benzene rings is 1. The smallest absolute Gasteiger partial charge is 0.159 e. The number of aromatic nitrogens is 7. The average Bonchev–Trinajstić information content (AvgIpc) is 3.39. The number of imidazole rings is 1. The SMILES string of the molecule is Cc1nnc(N2CCC[C@H](c3nnc(Cn4ccnc4)n3C)C2)c2ccccc12. The molecule has 0 radical (unpaired) electrons. The summed E-state index contributed by atoms with van der Waals surface area (Å²) in [6.07, 6.45) is 7.72. The first-order valence-electron chi connectivity index (χ1n) is 10.0. The van der Waals surface area contributed by atoms with Crippen molar-refractivity contribution in [1.82, 2.24) is 34.5 Å². The number of aryl methyl sites for hydroxylation is 1. The highest BCUT2D eigenvalue weighted by Gasteiger charge is 2.28. The minimum atomic E-state index is 0.319. The first kappa shape index (κ1) is 17.8. The molecule has 0 bridgehead atoms. The van der Waals surface area contributed by atoms with Crippen LogP contribution in [0.3, 0.4) is 0 Å². The number of piperidine rings is 1. The van der Waals surface area contributed by atoms with Gasteiger partial charge in [0.15, 0.2) is 11.6 Å². The Bertz CT molecular complexity index is 1130. The minimum absolute atomic E-state index is 0.319. The molecule has 8 nitrogen and oxygen atoms in total. The van der Waals surface area contributed by atoms with Crippen molar-refractivity contribution in [3.63, 3.8) is 0 Å². The molecule has 3 aromatic heterocycles. The molecule has 29 heavy (non-hydrogen) atoms. The van der Waals surface area contributed by atoms with E-state index in [4.69, 9.17) is 0 Å². The van der Waals surface area contributed by atoms with Crippen molar-refractivity contribution in [2.24, 2.45) is 7.05 Å². The number of nitrogens with zero attached hydrogens (tertiary/aromatic N) is 8. The van der Waals surface area contributed by atoms with E-state index in [9.17, 15) is 0 Å². The molecule has 1 aliphatic rings. The van der Waals surface area contributed by atoms with Crippen molar-refractivity contribution in [2.45, 2.75) is 32.2 Å². The van der Waals surface area contributed by atoms with E-state index in [-0.39, 0.29) is 0 Å². The van der Waals surface area contributed by atoms with Gasteiger partial charge in [0.2, 0.25) is 0 Å². The molecule has 1 atom stereocenters. The Kier molecular flexibility index (Phi) is 4.46. The maximum absolute atomic E-state index is 4.56. The molecule has 0 spiro atoms. The maximum atomic E-state index is 4.56. The third kappa shape index (κ3) is 3.24. The van der Waals surface area contributed by atoms with Crippen LogP contribution in [0.25, 0.3) is 10.8 Å². The second kappa shape index (κ2) is 7.27. The standard InChI is InChI=1S/C21H24N8/c1-15-17-7-3-4-8-18(17)21(26-23-15)29-10-5-6-16(12-29)20-25-24-19(27(20)2)13-28-11-9-22-14-28/h3-4,7-9,11,14,16H,5-6,10,12-13H2,1-2H3/t16-/m0/s1. The predicted molar refractivity (Wildman–Crippen MR) is 111 cm³/mol. The van der Waals surface area contributed by atoms with Crippen LogP contribution in [0.5, 0.6) is 0 Å². The van der Waals surface area contributed by atoms with Crippen molar-refractivity contribution in [3.05, 3.63) is 60.3 Å². The lowest BCUT2D eigenvalue weighted by atomic mass is 9.96. The molecule has 0 aliphatic carbocycles. The summed E-state index contributed by atoms with van der Waals surface area (Å²) in [4.78, 5) is 6.46. The van der Waals surface area contributed by atoms with Gasteiger partial charge in [0, 0.05) is 49.2 Å². The molecule has 5 rings (SSSR count). The van der Waals surface area contributed by atoms with E-state index in [2.05, 4.69) is 66.2 Å². The average molecular weight is 388 g/mol. The van der Waals surface area contributed by atoms with Crippen LogP contribution in [0, 0.1) is 6.92 Å². The minimum Gasteiger partial charge on any atom is -0.354 e. The van der Waals surface area contributed by atoms with Crippen LogP contribution in [0.15, 0.2) is 43.0 Å². The monoisotopic (exact) mass is 388 g/mol. The Morgan fingerprint density at radius 3 is 2.76 bits per heavy atom. The second-order valence-corrected chi connectivity index (χ2v) is 7.71. The van der Waals surface area contributed by atoms with E-state index >= 15 is 0 Å². The van der Waals surface area contributed by atoms with Gasteiger partial charge in [-0.1, -0.05) is 24.3 Å². The normalized spacial score (nSPS) is 17.2. The van der Waals surface area contributed by atoms with Crippen molar-refractivity contribution in [1.29, 1.82) is 0 Å². The fraction of sp³-hybridized carbons (Fsp3) is 0.381. The van der Waals surface area contributed by atoms with E-state index in [1.165, 1.54) is 10.8 Å². The van der Waals surface area contributed by atoms with E-state index in [1.54, 1.807) is 12.5 Å². The fourth-order valence-electron chi connectivity index (χ4n) is 4.25. The van der Waals surface area contributed by atoms with Gasteiger partial charge in [-0.3, -0.25) is 0 Å². The van der Waals surface area contributed by atoms with Crippen LogP contribution in [0.1, 0.15) is 36.1 Å². The van der Waals surface area contributed by atoms with Gasteiger partial charge in [-0.05, 0) is 19.8 Å². The highest BCUT2D eigenvalue weighted by atomic mass is 15.3. The molecular weight excluding hydrogens is 364 g/mol. The van der Waals surface area contributed by atoms with Gasteiger partial charge in [0.05, 0.1) is 18.6 Å².